The molecule has 20 heavy (non-hydrogen) atoms. The number of ketones is 2. The van der Waals surface area contributed by atoms with E-state index in [0.717, 1.165) is 0 Å². The third-order valence-electron chi connectivity index (χ3n) is 3.43. The van der Waals surface area contributed by atoms with E-state index < -0.39 is 0 Å². The summed E-state index contributed by atoms with van der Waals surface area (Å²) in [5, 5.41) is 0. The second-order valence-electron chi connectivity index (χ2n) is 4.45. The summed E-state index contributed by atoms with van der Waals surface area (Å²) in [6.45, 7) is 0. The van der Waals surface area contributed by atoms with E-state index in [-0.39, 0.29) is 11.6 Å². The van der Waals surface area contributed by atoms with Gasteiger partial charge in [0.25, 0.3) is 0 Å². The average Bonchev–Trinajstić information content (AvgIpc) is 2.51. The number of hydrogen-bond donors (Lipinski definition) is 0. The zero-order valence-electron chi connectivity index (χ0n) is 11.1. The number of carbonyl (C=O) groups excluding carboxylic acids is 2. The molecule has 0 saturated heterocycles. The first-order chi connectivity index (χ1) is 9.67. The molecule has 0 radical (unpaired) electrons. The molecule has 0 aromatic heterocycles. The van der Waals surface area contributed by atoms with Crippen LogP contribution in [0.15, 0.2) is 36.4 Å². The van der Waals surface area contributed by atoms with Crippen LogP contribution in [0.2, 0.25) is 0 Å². The van der Waals surface area contributed by atoms with Gasteiger partial charge in [-0.1, -0.05) is 12.1 Å². The molecule has 4 heteroatoms. The van der Waals surface area contributed by atoms with Crippen LogP contribution in [0, 0.1) is 0 Å². The number of methoxy groups -OCH3 is 2. The van der Waals surface area contributed by atoms with Crippen LogP contribution >= 0.6 is 0 Å². The minimum Gasteiger partial charge on any atom is -0.497 e. The van der Waals surface area contributed by atoms with Gasteiger partial charge in [0.15, 0.2) is 11.6 Å². The Morgan fingerprint density at radius 3 is 2.30 bits per heavy atom. The maximum absolute atomic E-state index is 12.6. The van der Waals surface area contributed by atoms with E-state index in [4.69, 9.17) is 9.47 Å². The molecule has 1 aliphatic rings. The standard InChI is InChI=1S/C16H12O4/c1-19-9-6-7-10-12(8-9)16(18)14-11(15(10)17)4-3-5-13(14)20-2/h3-8H,1-2H3. The average molecular weight is 268 g/mol. The molecule has 2 aromatic rings. The number of ether oxygens (including phenoxy) is 2. The molecule has 0 bridgehead atoms. The van der Waals surface area contributed by atoms with Crippen molar-refractivity contribution in [1.82, 2.24) is 0 Å². The third-order valence-corrected chi connectivity index (χ3v) is 3.43. The van der Waals surface area contributed by atoms with Gasteiger partial charge in [-0.05, 0) is 24.3 Å². The quantitative estimate of drug-likeness (QED) is 0.716. The predicted octanol–water partition coefficient (Wildman–Crippen LogP) is 2.48. The highest BCUT2D eigenvalue weighted by atomic mass is 16.5. The molecule has 2 aromatic carbocycles. The molecule has 0 saturated carbocycles. The molecule has 100 valence electrons. The fourth-order valence-electron chi connectivity index (χ4n) is 2.44. The molecule has 0 heterocycles. The lowest BCUT2D eigenvalue weighted by atomic mass is 9.83. The van der Waals surface area contributed by atoms with Gasteiger partial charge in [-0.2, -0.15) is 0 Å². The highest BCUT2D eigenvalue weighted by molar-refractivity contribution is 6.29. The second-order valence-corrected chi connectivity index (χ2v) is 4.45. The Bertz CT molecular complexity index is 731. The molecule has 1 aliphatic carbocycles. The first kappa shape index (κ1) is 12.4. The summed E-state index contributed by atoms with van der Waals surface area (Å²) >= 11 is 0. The summed E-state index contributed by atoms with van der Waals surface area (Å²) in [4.78, 5) is 25.1. The third kappa shape index (κ3) is 1.61. The van der Waals surface area contributed by atoms with Crippen LogP contribution in [0.3, 0.4) is 0 Å². The summed E-state index contributed by atoms with van der Waals surface area (Å²) in [6.07, 6.45) is 0. The van der Waals surface area contributed by atoms with Crippen molar-refractivity contribution in [3.63, 3.8) is 0 Å². The van der Waals surface area contributed by atoms with Crippen molar-refractivity contribution in [2.75, 3.05) is 14.2 Å². The molecule has 0 aliphatic heterocycles. The van der Waals surface area contributed by atoms with Crippen LogP contribution < -0.4 is 9.47 Å². The molecule has 0 amide bonds. The topological polar surface area (TPSA) is 52.6 Å². The zero-order valence-corrected chi connectivity index (χ0v) is 11.1. The van der Waals surface area contributed by atoms with Gasteiger partial charge in [0.2, 0.25) is 0 Å². The van der Waals surface area contributed by atoms with Gasteiger partial charge in [-0.3, -0.25) is 9.59 Å². The highest BCUT2D eigenvalue weighted by Crippen LogP contribution is 2.34. The summed E-state index contributed by atoms with van der Waals surface area (Å²) in [5.41, 5.74) is 1.45. The van der Waals surface area contributed by atoms with Crippen molar-refractivity contribution in [2.45, 2.75) is 0 Å². The number of rotatable bonds is 2. The number of fused-ring (bicyclic) bond motifs is 2. The minimum atomic E-state index is -0.217. The van der Waals surface area contributed by atoms with Crippen molar-refractivity contribution in [3.8, 4) is 11.5 Å². The van der Waals surface area contributed by atoms with Gasteiger partial charge in [0, 0.05) is 16.7 Å². The molecule has 0 fully saturated rings. The monoisotopic (exact) mass is 268 g/mol. The Kier molecular flexibility index (Phi) is 2.79. The SMILES string of the molecule is COc1ccc2c(c1)C(=O)c1c(OC)cccc1C2=O. The van der Waals surface area contributed by atoms with Crippen LogP contribution in [0.4, 0.5) is 0 Å². The van der Waals surface area contributed by atoms with E-state index in [1.165, 1.54) is 14.2 Å². The van der Waals surface area contributed by atoms with E-state index >= 15 is 0 Å². The van der Waals surface area contributed by atoms with Gasteiger partial charge in [-0.25, -0.2) is 0 Å². The Balaban J connectivity index is 2.28. The number of benzene rings is 2. The Labute approximate surface area is 115 Å². The predicted molar refractivity (Wildman–Crippen MR) is 72.9 cm³/mol. The lowest BCUT2D eigenvalue weighted by molar-refractivity contribution is 0.0976. The molecular weight excluding hydrogens is 256 g/mol. The molecule has 0 unspecified atom stereocenters. The van der Waals surface area contributed by atoms with Gasteiger partial charge < -0.3 is 9.47 Å². The van der Waals surface area contributed by atoms with E-state index in [9.17, 15) is 9.59 Å². The van der Waals surface area contributed by atoms with Crippen molar-refractivity contribution in [1.29, 1.82) is 0 Å². The van der Waals surface area contributed by atoms with E-state index in [1.807, 2.05) is 0 Å². The molecule has 0 spiro atoms. The molecule has 4 nitrogen and oxygen atoms in total. The fourth-order valence-corrected chi connectivity index (χ4v) is 2.44. The number of hydrogen-bond acceptors (Lipinski definition) is 4. The maximum atomic E-state index is 12.6. The van der Waals surface area contributed by atoms with Crippen molar-refractivity contribution in [2.24, 2.45) is 0 Å². The Morgan fingerprint density at radius 1 is 0.800 bits per heavy atom. The summed E-state index contributed by atoms with van der Waals surface area (Å²) < 4.78 is 10.3. The van der Waals surface area contributed by atoms with Crippen molar-refractivity contribution >= 4 is 11.6 Å². The minimum absolute atomic E-state index is 0.170. The maximum Gasteiger partial charge on any atom is 0.198 e. The second kappa shape index (κ2) is 4.49. The van der Waals surface area contributed by atoms with Gasteiger partial charge in [-0.15, -0.1) is 0 Å². The van der Waals surface area contributed by atoms with E-state index in [1.54, 1.807) is 36.4 Å². The molecular formula is C16H12O4. The van der Waals surface area contributed by atoms with E-state index in [0.29, 0.717) is 33.8 Å². The fraction of sp³-hybridized carbons (Fsp3) is 0.125. The van der Waals surface area contributed by atoms with Crippen LogP contribution in [-0.2, 0) is 0 Å². The van der Waals surface area contributed by atoms with Gasteiger partial charge >= 0.3 is 0 Å². The lowest BCUT2D eigenvalue weighted by Gasteiger charge is -2.19. The zero-order chi connectivity index (χ0) is 14.3. The number of carbonyl (C=O) groups is 2. The van der Waals surface area contributed by atoms with Crippen molar-refractivity contribution < 1.29 is 19.1 Å². The van der Waals surface area contributed by atoms with Crippen LogP contribution in [0.25, 0.3) is 0 Å². The largest absolute Gasteiger partial charge is 0.497 e. The first-order valence-electron chi connectivity index (χ1n) is 6.12. The lowest BCUT2D eigenvalue weighted by Crippen LogP contribution is -2.21. The molecule has 0 N–H and O–H groups in total. The highest BCUT2D eigenvalue weighted by Gasteiger charge is 2.32. The molecule has 0 atom stereocenters. The van der Waals surface area contributed by atoms with Gasteiger partial charge in [0.1, 0.15) is 11.5 Å². The molecule has 3 rings (SSSR count). The summed E-state index contributed by atoms with van der Waals surface area (Å²) in [6, 6.07) is 9.91. The van der Waals surface area contributed by atoms with Gasteiger partial charge in [0.05, 0.1) is 19.8 Å². The van der Waals surface area contributed by atoms with E-state index in [2.05, 4.69) is 0 Å². The van der Waals surface area contributed by atoms with Crippen LogP contribution in [0.1, 0.15) is 31.8 Å². The first-order valence-corrected chi connectivity index (χ1v) is 6.12. The van der Waals surface area contributed by atoms with Crippen molar-refractivity contribution in [3.05, 3.63) is 58.7 Å². The summed E-state index contributed by atoms with van der Waals surface area (Å²) in [7, 11) is 3.00. The smallest absolute Gasteiger partial charge is 0.198 e. The Morgan fingerprint density at radius 2 is 1.60 bits per heavy atom. The van der Waals surface area contributed by atoms with Crippen LogP contribution in [0.5, 0.6) is 11.5 Å². The Hall–Kier alpha value is -2.62. The summed E-state index contributed by atoms with van der Waals surface area (Å²) in [5.74, 6) is 0.569. The normalized spacial score (nSPS) is 12.7. The van der Waals surface area contributed by atoms with Crippen LogP contribution in [-0.4, -0.2) is 25.8 Å².